The Kier molecular flexibility index (Phi) is 6.52. The highest BCUT2D eigenvalue weighted by Crippen LogP contribution is 2.20. The van der Waals surface area contributed by atoms with Crippen molar-refractivity contribution in [3.8, 4) is 0 Å². The number of anilines is 1. The van der Waals surface area contributed by atoms with Crippen molar-refractivity contribution in [2.24, 2.45) is 5.73 Å². The molecule has 1 aliphatic heterocycles. The number of nitrogens with one attached hydrogen (secondary N) is 2. The van der Waals surface area contributed by atoms with Crippen LogP contribution in [0.4, 0.5) is 5.82 Å². The molecular weight excluding hydrogens is 292 g/mol. The normalized spacial score (nSPS) is 14.5. The third kappa shape index (κ3) is 5.63. The SMILES string of the molecule is CC(=O)[C@@H](N)CC(=O)NCCCCc1ccc2c(n1)NCCC2. The van der Waals surface area contributed by atoms with E-state index in [4.69, 9.17) is 5.73 Å². The van der Waals surface area contributed by atoms with E-state index in [1.807, 2.05) is 0 Å². The third-order valence-corrected chi connectivity index (χ3v) is 4.06. The Labute approximate surface area is 137 Å². The van der Waals surface area contributed by atoms with Gasteiger partial charge in [-0.3, -0.25) is 9.59 Å². The monoisotopic (exact) mass is 318 g/mol. The fourth-order valence-electron chi connectivity index (χ4n) is 2.58. The van der Waals surface area contributed by atoms with Crippen molar-refractivity contribution in [2.75, 3.05) is 18.4 Å². The van der Waals surface area contributed by atoms with Gasteiger partial charge in [0.2, 0.25) is 5.91 Å². The molecule has 6 heteroatoms. The summed E-state index contributed by atoms with van der Waals surface area (Å²) in [4.78, 5) is 27.2. The molecule has 23 heavy (non-hydrogen) atoms. The van der Waals surface area contributed by atoms with Crippen LogP contribution in [0.15, 0.2) is 12.1 Å². The van der Waals surface area contributed by atoms with Crippen LogP contribution in [0.25, 0.3) is 0 Å². The molecule has 1 amide bonds. The number of aryl methyl sites for hydroxylation is 2. The minimum atomic E-state index is -0.692. The Morgan fingerprint density at radius 3 is 3.00 bits per heavy atom. The quantitative estimate of drug-likeness (QED) is 0.626. The van der Waals surface area contributed by atoms with Gasteiger partial charge in [-0.05, 0) is 50.7 Å². The lowest BCUT2D eigenvalue weighted by molar-refractivity contribution is -0.125. The molecular formula is C17H26N4O2. The zero-order valence-electron chi connectivity index (χ0n) is 13.7. The molecule has 0 radical (unpaired) electrons. The van der Waals surface area contributed by atoms with E-state index >= 15 is 0 Å². The van der Waals surface area contributed by atoms with E-state index in [0.29, 0.717) is 6.54 Å². The van der Waals surface area contributed by atoms with E-state index in [1.165, 1.54) is 18.9 Å². The number of carbonyl (C=O) groups is 2. The molecule has 0 fully saturated rings. The number of hydrogen-bond acceptors (Lipinski definition) is 5. The van der Waals surface area contributed by atoms with Crippen molar-refractivity contribution < 1.29 is 9.59 Å². The summed E-state index contributed by atoms with van der Waals surface area (Å²) in [5, 5.41) is 6.14. The fourth-order valence-corrected chi connectivity index (χ4v) is 2.58. The summed E-state index contributed by atoms with van der Waals surface area (Å²) in [6, 6.07) is 3.56. The van der Waals surface area contributed by atoms with Gasteiger partial charge in [0.15, 0.2) is 0 Å². The minimum Gasteiger partial charge on any atom is -0.370 e. The molecule has 1 aromatic heterocycles. The van der Waals surface area contributed by atoms with Crippen molar-refractivity contribution in [3.05, 3.63) is 23.4 Å². The molecule has 0 unspecified atom stereocenters. The van der Waals surface area contributed by atoms with E-state index in [1.54, 1.807) is 0 Å². The smallest absolute Gasteiger partial charge is 0.222 e. The second kappa shape index (κ2) is 8.62. The number of amides is 1. The number of pyridine rings is 1. The second-order valence-electron chi connectivity index (χ2n) is 6.07. The van der Waals surface area contributed by atoms with E-state index < -0.39 is 6.04 Å². The van der Waals surface area contributed by atoms with Crippen molar-refractivity contribution in [3.63, 3.8) is 0 Å². The predicted octanol–water partition coefficient (Wildman–Crippen LogP) is 1.18. The Balaban J connectivity index is 1.64. The first-order valence-electron chi connectivity index (χ1n) is 8.31. The molecule has 1 atom stereocenters. The van der Waals surface area contributed by atoms with Crippen LogP contribution in [-0.4, -0.2) is 35.8 Å². The van der Waals surface area contributed by atoms with Gasteiger partial charge in [0.1, 0.15) is 11.6 Å². The molecule has 0 bridgehead atoms. The molecule has 0 saturated carbocycles. The van der Waals surface area contributed by atoms with E-state index in [-0.39, 0.29) is 18.1 Å². The summed E-state index contributed by atoms with van der Waals surface area (Å²) < 4.78 is 0. The molecule has 4 N–H and O–H groups in total. The first kappa shape index (κ1) is 17.4. The Morgan fingerprint density at radius 1 is 1.39 bits per heavy atom. The highest BCUT2D eigenvalue weighted by Gasteiger charge is 2.13. The van der Waals surface area contributed by atoms with E-state index in [9.17, 15) is 9.59 Å². The lowest BCUT2D eigenvalue weighted by Crippen LogP contribution is -2.36. The van der Waals surface area contributed by atoms with Crippen LogP contribution in [0.2, 0.25) is 0 Å². The van der Waals surface area contributed by atoms with Gasteiger partial charge >= 0.3 is 0 Å². The van der Waals surface area contributed by atoms with Crippen LogP contribution < -0.4 is 16.4 Å². The molecule has 2 rings (SSSR count). The number of aromatic nitrogens is 1. The summed E-state index contributed by atoms with van der Waals surface area (Å²) >= 11 is 0. The summed E-state index contributed by atoms with van der Waals surface area (Å²) in [7, 11) is 0. The number of ketones is 1. The average molecular weight is 318 g/mol. The van der Waals surface area contributed by atoms with Crippen LogP contribution in [-0.2, 0) is 22.4 Å². The van der Waals surface area contributed by atoms with Crippen molar-refractivity contribution in [2.45, 2.75) is 51.5 Å². The fraction of sp³-hybridized carbons (Fsp3) is 0.588. The van der Waals surface area contributed by atoms with Gasteiger partial charge in [0.05, 0.1) is 6.04 Å². The van der Waals surface area contributed by atoms with Crippen molar-refractivity contribution in [1.82, 2.24) is 10.3 Å². The second-order valence-corrected chi connectivity index (χ2v) is 6.07. The number of rotatable bonds is 8. The molecule has 0 aliphatic carbocycles. The largest absolute Gasteiger partial charge is 0.370 e. The summed E-state index contributed by atoms with van der Waals surface area (Å²) in [5.74, 6) is 0.705. The Bertz CT molecular complexity index is 560. The van der Waals surface area contributed by atoms with Crippen LogP contribution in [0, 0.1) is 0 Å². The lowest BCUT2D eigenvalue weighted by Gasteiger charge is -2.17. The maximum Gasteiger partial charge on any atom is 0.222 e. The van der Waals surface area contributed by atoms with Gasteiger partial charge in [-0.15, -0.1) is 0 Å². The topological polar surface area (TPSA) is 97.1 Å². The minimum absolute atomic E-state index is 0.0629. The third-order valence-electron chi connectivity index (χ3n) is 4.06. The van der Waals surface area contributed by atoms with Crippen LogP contribution >= 0.6 is 0 Å². The van der Waals surface area contributed by atoms with Crippen molar-refractivity contribution >= 4 is 17.5 Å². The molecule has 0 saturated heterocycles. The van der Waals surface area contributed by atoms with Crippen LogP contribution in [0.3, 0.4) is 0 Å². The van der Waals surface area contributed by atoms with Crippen molar-refractivity contribution in [1.29, 1.82) is 0 Å². The summed E-state index contributed by atoms with van der Waals surface area (Å²) in [5.41, 5.74) is 7.94. The molecule has 126 valence electrons. The first-order valence-corrected chi connectivity index (χ1v) is 8.31. The Morgan fingerprint density at radius 2 is 2.22 bits per heavy atom. The molecule has 0 spiro atoms. The standard InChI is InChI=1S/C17H26N4O2/c1-12(22)15(18)11-16(23)19-9-3-2-6-14-8-7-13-5-4-10-20-17(13)21-14/h7-8,15H,2-6,9-11,18H2,1H3,(H,19,23)(H,20,21)/t15-/m0/s1. The Hall–Kier alpha value is -1.95. The molecule has 6 nitrogen and oxygen atoms in total. The molecule has 1 aromatic rings. The zero-order valence-corrected chi connectivity index (χ0v) is 13.7. The number of fused-ring (bicyclic) bond motifs is 1. The highest BCUT2D eigenvalue weighted by atomic mass is 16.2. The van der Waals surface area contributed by atoms with Crippen LogP contribution in [0.1, 0.15) is 43.9 Å². The lowest BCUT2D eigenvalue weighted by atomic mass is 10.1. The molecule has 2 heterocycles. The van der Waals surface area contributed by atoms with Gasteiger partial charge < -0.3 is 16.4 Å². The van der Waals surface area contributed by atoms with Gasteiger partial charge in [0, 0.05) is 25.2 Å². The highest BCUT2D eigenvalue weighted by molar-refractivity contribution is 5.87. The van der Waals surface area contributed by atoms with Gasteiger partial charge in [0.25, 0.3) is 0 Å². The average Bonchev–Trinajstić information content (AvgIpc) is 2.54. The maximum absolute atomic E-state index is 11.6. The predicted molar refractivity (Wildman–Crippen MR) is 90.3 cm³/mol. The van der Waals surface area contributed by atoms with Crippen LogP contribution in [0.5, 0.6) is 0 Å². The van der Waals surface area contributed by atoms with E-state index in [0.717, 1.165) is 43.7 Å². The van der Waals surface area contributed by atoms with Gasteiger partial charge in [-0.25, -0.2) is 4.98 Å². The van der Waals surface area contributed by atoms with Gasteiger partial charge in [-0.1, -0.05) is 6.07 Å². The summed E-state index contributed by atoms with van der Waals surface area (Å²) in [6.07, 6.45) is 5.08. The summed E-state index contributed by atoms with van der Waals surface area (Å²) in [6.45, 7) is 3.00. The van der Waals surface area contributed by atoms with Gasteiger partial charge in [-0.2, -0.15) is 0 Å². The number of nitrogens with zero attached hydrogens (tertiary/aromatic N) is 1. The molecule has 1 aliphatic rings. The molecule has 0 aromatic carbocycles. The maximum atomic E-state index is 11.6. The number of unbranched alkanes of at least 4 members (excludes halogenated alkanes) is 1. The number of Topliss-reactive ketones (excluding diaryl/α,β-unsaturated/α-hetero) is 1. The number of nitrogens with two attached hydrogens (primary N) is 1. The number of hydrogen-bond donors (Lipinski definition) is 3. The zero-order chi connectivity index (χ0) is 16.7. The first-order chi connectivity index (χ1) is 11.1. The van der Waals surface area contributed by atoms with E-state index in [2.05, 4.69) is 27.8 Å². The number of carbonyl (C=O) groups excluding carboxylic acids is 2.